The predicted molar refractivity (Wildman–Crippen MR) is 130 cm³/mol. The van der Waals surface area contributed by atoms with Crippen molar-refractivity contribution in [1.29, 1.82) is 0 Å². The summed E-state index contributed by atoms with van der Waals surface area (Å²) in [6.07, 6.45) is 2.61. The van der Waals surface area contributed by atoms with Crippen molar-refractivity contribution in [3.05, 3.63) is 83.9 Å². The van der Waals surface area contributed by atoms with E-state index in [1.54, 1.807) is 0 Å². The molecule has 0 bridgehead atoms. The topological polar surface area (TPSA) is 128 Å². The maximum Gasteiger partial charge on any atom is 0.308 e. The number of anilines is 2. The summed E-state index contributed by atoms with van der Waals surface area (Å²) >= 11 is 0. The number of hydrogen-bond donors (Lipinski definition) is 2. The van der Waals surface area contributed by atoms with Gasteiger partial charge in [-0.05, 0) is 60.2 Å². The molecule has 0 aliphatic heterocycles. The number of benzene rings is 3. The van der Waals surface area contributed by atoms with Crippen molar-refractivity contribution < 1.29 is 41.1 Å². The van der Waals surface area contributed by atoms with Crippen LogP contribution in [0.4, 0.5) is 20.2 Å². The minimum Gasteiger partial charge on any atom is -0.423 e. The van der Waals surface area contributed by atoms with E-state index in [4.69, 9.17) is 9.47 Å². The van der Waals surface area contributed by atoms with E-state index in [-0.39, 0.29) is 27.8 Å². The van der Waals surface area contributed by atoms with Gasteiger partial charge in [-0.15, -0.1) is 0 Å². The average Bonchev–Trinajstić information content (AvgIpc) is 2.81. The summed E-state index contributed by atoms with van der Waals surface area (Å²) in [5.74, 6) is -4.05. The van der Waals surface area contributed by atoms with Crippen LogP contribution in [0.15, 0.2) is 71.6 Å². The van der Waals surface area contributed by atoms with Crippen LogP contribution in [0.2, 0.25) is 0 Å². The third kappa shape index (κ3) is 7.70. The van der Waals surface area contributed by atoms with Crippen molar-refractivity contribution >= 4 is 45.3 Å². The summed E-state index contributed by atoms with van der Waals surface area (Å²) in [5.41, 5.74) is 0.596. The minimum atomic E-state index is -4.09. The summed E-state index contributed by atoms with van der Waals surface area (Å²) < 4.78 is 63.5. The molecule has 0 fully saturated rings. The molecule has 0 saturated carbocycles. The number of rotatable bonds is 8. The summed E-state index contributed by atoms with van der Waals surface area (Å²) in [6, 6.07) is 12.1. The number of amides is 1. The second kappa shape index (κ2) is 11.4. The predicted octanol–water partition coefficient (Wildman–Crippen LogP) is 4.27. The van der Waals surface area contributed by atoms with Gasteiger partial charge in [0.15, 0.2) is 23.1 Å². The summed E-state index contributed by atoms with van der Waals surface area (Å²) in [4.78, 5) is 34.7. The molecule has 2 N–H and O–H groups in total. The molecule has 1 amide bonds. The smallest absolute Gasteiger partial charge is 0.308 e. The number of ether oxygens (including phenoxy) is 2. The van der Waals surface area contributed by atoms with Crippen LogP contribution in [0.1, 0.15) is 19.4 Å². The third-order valence-corrected chi connectivity index (χ3v) is 5.90. The molecule has 0 radical (unpaired) electrons. The van der Waals surface area contributed by atoms with Crippen LogP contribution in [-0.2, 0) is 24.4 Å². The van der Waals surface area contributed by atoms with E-state index in [0.29, 0.717) is 11.6 Å². The average molecular weight is 531 g/mol. The first-order valence-electron chi connectivity index (χ1n) is 10.5. The number of sulfonamides is 1. The van der Waals surface area contributed by atoms with Gasteiger partial charge in [-0.25, -0.2) is 17.2 Å². The Morgan fingerprint density at radius 3 is 2.03 bits per heavy atom. The molecule has 12 heteroatoms. The van der Waals surface area contributed by atoms with Crippen LogP contribution >= 0.6 is 0 Å². The highest BCUT2D eigenvalue weighted by molar-refractivity contribution is 7.92. The Morgan fingerprint density at radius 1 is 0.784 bits per heavy atom. The lowest BCUT2D eigenvalue weighted by Crippen LogP contribution is -2.13. The minimum absolute atomic E-state index is 0.000888. The van der Waals surface area contributed by atoms with Crippen molar-refractivity contribution in [2.24, 2.45) is 0 Å². The zero-order valence-electron chi connectivity index (χ0n) is 19.5. The number of hydrogen-bond acceptors (Lipinski definition) is 7. The second-order valence-electron chi connectivity index (χ2n) is 7.47. The molecule has 0 saturated heterocycles. The molecule has 3 aromatic rings. The molecule has 0 spiro atoms. The molecular formula is C25H20F2N2O7S. The number of halogens is 2. The van der Waals surface area contributed by atoms with Gasteiger partial charge in [0, 0.05) is 31.7 Å². The van der Waals surface area contributed by atoms with E-state index < -0.39 is 39.5 Å². The highest BCUT2D eigenvalue weighted by Gasteiger charge is 2.16. The second-order valence-corrected chi connectivity index (χ2v) is 9.16. The van der Waals surface area contributed by atoms with Crippen LogP contribution in [0.3, 0.4) is 0 Å². The van der Waals surface area contributed by atoms with Crippen LogP contribution in [-0.4, -0.2) is 26.3 Å². The highest BCUT2D eigenvalue weighted by Crippen LogP contribution is 2.29. The molecule has 0 aliphatic rings. The van der Waals surface area contributed by atoms with Crippen LogP contribution in [0.25, 0.3) is 6.08 Å². The van der Waals surface area contributed by atoms with Crippen LogP contribution in [0, 0.1) is 11.6 Å². The number of carbonyl (C=O) groups excluding carboxylic acids is 3. The van der Waals surface area contributed by atoms with E-state index in [0.717, 1.165) is 12.1 Å². The summed E-state index contributed by atoms with van der Waals surface area (Å²) in [7, 11) is -4.09. The first-order valence-corrected chi connectivity index (χ1v) is 12.0. The molecule has 192 valence electrons. The lowest BCUT2D eigenvalue weighted by molar-refractivity contribution is -0.134. The fourth-order valence-corrected chi connectivity index (χ4v) is 4.00. The Kier molecular flexibility index (Phi) is 8.35. The molecule has 0 aromatic heterocycles. The first kappa shape index (κ1) is 27.0. The third-order valence-electron chi connectivity index (χ3n) is 4.51. The molecule has 9 nitrogen and oxygen atoms in total. The molecule has 37 heavy (non-hydrogen) atoms. The normalized spacial score (nSPS) is 11.1. The monoisotopic (exact) mass is 530 g/mol. The van der Waals surface area contributed by atoms with Gasteiger partial charge in [0.05, 0.1) is 10.6 Å². The Labute approximate surface area is 210 Å². The lowest BCUT2D eigenvalue weighted by atomic mass is 10.2. The van der Waals surface area contributed by atoms with E-state index in [9.17, 15) is 31.6 Å². The van der Waals surface area contributed by atoms with Gasteiger partial charge in [-0.2, -0.15) is 0 Å². The van der Waals surface area contributed by atoms with Gasteiger partial charge in [0.25, 0.3) is 10.0 Å². The molecule has 0 aliphatic carbocycles. The number of esters is 2. The quantitative estimate of drug-likeness (QED) is 0.253. The van der Waals surface area contributed by atoms with Gasteiger partial charge in [-0.3, -0.25) is 19.1 Å². The van der Waals surface area contributed by atoms with Crippen molar-refractivity contribution in [2.75, 3.05) is 10.0 Å². The Balaban J connectivity index is 1.67. The Hall–Kier alpha value is -4.58. The van der Waals surface area contributed by atoms with Gasteiger partial charge < -0.3 is 14.8 Å². The van der Waals surface area contributed by atoms with Gasteiger partial charge in [0.2, 0.25) is 5.91 Å². The summed E-state index contributed by atoms with van der Waals surface area (Å²) in [6.45, 7) is 2.38. The zero-order chi connectivity index (χ0) is 27.2. The van der Waals surface area contributed by atoms with E-state index in [2.05, 4.69) is 10.0 Å². The van der Waals surface area contributed by atoms with Gasteiger partial charge >= 0.3 is 11.9 Å². The first-order chi connectivity index (χ1) is 17.4. The van der Waals surface area contributed by atoms with E-state index in [1.807, 2.05) is 0 Å². The number of carbonyl (C=O) groups is 3. The molecule has 3 aromatic carbocycles. The number of nitrogens with one attached hydrogen (secondary N) is 2. The Morgan fingerprint density at radius 2 is 1.41 bits per heavy atom. The van der Waals surface area contributed by atoms with Gasteiger partial charge in [-0.1, -0.05) is 6.07 Å². The molecular weight excluding hydrogens is 510 g/mol. The largest absolute Gasteiger partial charge is 0.423 e. The maximum atomic E-state index is 13.3. The lowest BCUT2D eigenvalue weighted by Gasteiger charge is -2.10. The molecule has 0 atom stereocenters. The standard InChI is InChI=1S/C25H20F2N2O7S/c1-15(30)35-23-11-3-17(13-24(23)36-16(2)31)4-12-25(32)28-18-5-8-20(9-6-18)37(33,34)29-19-7-10-21(26)22(27)14-19/h3-14,29H,1-2H3,(H,28,32)/b12-4+. The fourth-order valence-electron chi connectivity index (χ4n) is 2.95. The van der Waals surface area contributed by atoms with Gasteiger partial charge in [0.1, 0.15) is 0 Å². The Bertz CT molecular complexity index is 1490. The summed E-state index contributed by atoms with van der Waals surface area (Å²) in [5, 5.41) is 2.55. The van der Waals surface area contributed by atoms with Crippen LogP contribution in [0.5, 0.6) is 11.5 Å². The fraction of sp³-hybridized carbons (Fsp3) is 0.0800. The zero-order valence-corrected chi connectivity index (χ0v) is 20.3. The van der Waals surface area contributed by atoms with Crippen molar-refractivity contribution in [3.63, 3.8) is 0 Å². The van der Waals surface area contributed by atoms with Crippen molar-refractivity contribution in [2.45, 2.75) is 18.7 Å². The highest BCUT2D eigenvalue weighted by atomic mass is 32.2. The SMILES string of the molecule is CC(=O)Oc1ccc(/C=C/C(=O)Nc2ccc(S(=O)(=O)Nc3ccc(F)c(F)c3)cc2)cc1OC(C)=O. The van der Waals surface area contributed by atoms with E-state index in [1.165, 1.54) is 68.5 Å². The van der Waals surface area contributed by atoms with Crippen molar-refractivity contribution in [1.82, 2.24) is 0 Å². The molecule has 0 heterocycles. The van der Waals surface area contributed by atoms with Crippen LogP contribution < -0.4 is 19.5 Å². The molecule has 3 rings (SSSR count). The maximum absolute atomic E-state index is 13.3. The van der Waals surface area contributed by atoms with E-state index >= 15 is 0 Å². The van der Waals surface area contributed by atoms with Crippen molar-refractivity contribution in [3.8, 4) is 11.5 Å². The molecule has 0 unspecified atom stereocenters.